The number of nitro benzene ring substituents is 1. The van der Waals surface area contributed by atoms with Crippen LogP contribution in [0.1, 0.15) is 0 Å². The second-order valence-electron chi connectivity index (χ2n) is 2.00. The van der Waals surface area contributed by atoms with E-state index in [1.165, 1.54) is 18.2 Å². The van der Waals surface area contributed by atoms with E-state index in [1.807, 2.05) is 0 Å². The summed E-state index contributed by atoms with van der Waals surface area (Å²) in [6.45, 7) is 0. The van der Waals surface area contributed by atoms with Gasteiger partial charge < -0.3 is 5.73 Å². The molecule has 58 valence electrons. The zero-order valence-electron chi connectivity index (χ0n) is 5.52. The van der Waals surface area contributed by atoms with Crippen molar-refractivity contribution in [3.05, 3.63) is 28.3 Å². The summed E-state index contributed by atoms with van der Waals surface area (Å²) in [6, 6.07) is 4.30. The first-order valence-electron chi connectivity index (χ1n) is 2.84. The standard InChI is InChI=1S/C6H6N2O2S/c7-5-3-4(11)1-2-6(5)8(9)10/h1-3,11H,7H2. The van der Waals surface area contributed by atoms with Gasteiger partial charge in [-0.3, -0.25) is 10.1 Å². The lowest BCUT2D eigenvalue weighted by atomic mass is 10.3. The van der Waals surface area contributed by atoms with E-state index >= 15 is 0 Å². The maximum Gasteiger partial charge on any atom is 0.292 e. The van der Waals surface area contributed by atoms with Gasteiger partial charge in [0, 0.05) is 11.0 Å². The van der Waals surface area contributed by atoms with Crippen LogP contribution in [-0.4, -0.2) is 4.92 Å². The Bertz CT molecular complexity index is 301. The molecular weight excluding hydrogens is 164 g/mol. The smallest absolute Gasteiger partial charge is 0.292 e. The van der Waals surface area contributed by atoms with Gasteiger partial charge in [-0.1, -0.05) is 0 Å². The maximum atomic E-state index is 10.2. The zero-order valence-corrected chi connectivity index (χ0v) is 6.41. The summed E-state index contributed by atoms with van der Waals surface area (Å²) in [5.41, 5.74) is 5.39. The van der Waals surface area contributed by atoms with Crippen LogP contribution in [0, 0.1) is 10.1 Å². The molecule has 0 aliphatic rings. The van der Waals surface area contributed by atoms with Gasteiger partial charge in [-0.25, -0.2) is 0 Å². The van der Waals surface area contributed by atoms with E-state index in [-0.39, 0.29) is 11.4 Å². The fourth-order valence-electron chi connectivity index (χ4n) is 0.708. The van der Waals surface area contributed by atoms with E-state index < -0.39 is 4.92 Å². The minimum atomic E-state index is -0.525. The molecule has 0 bridgehead atoms. The number of nitrogens with zero attached hydrogens (tertiary/aromatic N) is 1. The molecule has 0 spiro atoms. The molecule has 0 saturated heterocycles. The number of nitrogens with two attached hydrogens (primary N) is 1. The van der Waals surface area contributed by atoms with Gasteiger partial charge in [0.05, 0.1) is 4.92 Å². The zero-order chi connectivity index (χ0) is 8.43. The van der Waals surface area contributed by atoms with Crippen LogP contribution in [0.2, 0.25) is 0 Å². The Balaban J connectivity index is 3.20. The van der Waals surface area contributed by atoms with Crippen molar-refractivity contribution in [2.75, 3.05) is 5.73 Å². The van der Waals surface area contributed by atoms with Gasteiger partial charge in [-0.05, 0) is 12.1 Å². The van der Waals surface area contributed by atoms with Crippen LogP contribution in [0.25, 0.3) is 0 Å². The van der Waals surface area contributed by atoms with Crippen LogP contribution in [0.15, 0.2) is 23.1 Å². The monoisotopic (exact) mass is 170 g/mol. The van der Waals surface area contributed by atoms with Gasteiger partial charge in [0.15, 0.2) is 0 Å². The van der Waals surface area contributed by atoms with Gasteiger partial charge in [-0.2, -0.15) is 0 Å². The summed E-state index contributed by atoms with van der Waals surface area (Å²) in [4.78, 5) is 10.3. The maximum absolute atomic E-state index is 10.2. The highest BCUT2D eigenvalue weighted by Crippen LogP contribution is 2.23. The number of hydrogen-bond acceptors (Lipinski definition) is 4. The van der Waals surface area contributed by atoms with Crippen LogP contribution in [-0.2, 0) is 0 Å². The molecule has 0 heterocycles. The number of hydrogen-bond donors (Lipinski definition) is 2. The summed E-state index contributed by atoms with van der Waals surface area (Å²) in [5, 5.41) is 10.2. The molecule has 0 unspecified atom stereocenters. The highest BCUT2D eigenvalue weighted by atomic mass is 32.1. The van der Waals surface area contributed by atoms with E-state index in [1.54, 1.807) is 0 Å². The average molecular weight is 170 g/mol. The first-order chi connectivity index (χ1) is 5.11. The topological polar surface area (TPSA) is 69.2 Å². The quantitative estimate of drug-likeness (QED) is 0.290. The highest BCUT2D eigenvalue weighted by molar-refractivity contribution is 7.80. The van der Waals surface area contributed by atoms with Gasteiger partial charge in [0.2, 0.25) is 0 Å². The van der Waals surface area contributed by atoms with Crippen LogP contribution < -0.4 is 5.73 Å². The minimum absolute atomic E-state index is 0.0807. The lowest BCUT2D eigenvalue weighted by Gasteiger charge is -1.96. The second-order valence-corrected chi connectivity index (χ2v) is 2.52. The van der Waals surface area contributed by atoms with E-state index in [0.717, 1.165) is 0 Å². The lowest BCUT2D eigenvalue weighted by Crippen LogP contribution is -1.94. The number of nitro groups is 1. The first kappa shape index (κ1) is 7.87. The Hall–Kier alpha value is -1.23. The average Bonchev–Trinajstić information content (AvgIpc) is 1.85. The number of anilines is 1. The molecule has 1 aromatic carbocycles. The molecule has 2 N–H and O–H groups in total. The van der Waals surface area contributed by atoms with Gasteiger partial charge in [0.25, 0.3) is 5.69 Å². The highest BCUT2D eigenvalue weighted by Gasteiger charge is 2.09. The van der Waals surface area contributed by atoms with Crippen molar-refractivity contribution >= 4 is 24.0 Å². The molecule has 0 aliphatic carbocycles. The fraction of sp³-hybridized carbons (Fsp3) is 0. The molecule has 5 heteroatoms. The Labute approximate surface area is 68.6 Å². The number of nitrogen functional groups attached to an aromatic ring is 1. The predicted octanol–water partition coefficient (Wildman–Crippen LogP) is 1.47. The van der Waals surface area contributed by atoms with Crippen LogP contribution in [0.4, 0.5) is 11.4 Å². The molecule has 0 fully saturated rings. The Morgan fingerprint density at radius 3 is 2.64 bits per heavy atom. The van der Waals surface area contributed by atoms with Crippen LogP contribution >= 0.6 is 12.6 Å². The Morgan fingerprint density at radius 2 is 2.18 bits per heavy atom. The van der Waals surface area contributed by atoms with Crippen molar-refractivity contribution in [2.45, 2.75) is 4.90 Å². The summed E-state index contributed by atoms with van der Waals surface area (Å²) in [5.74, 6) is 0. The second kappa shape index (κ2) is 2.79. The van der Waals surface area contributed by atoms with Crippen molar-refractivity contribution in [1.82, 2.24) is 0 Å². The first-order valence-corrected chi connectivity index (χ1v) is 3.29. The van der Waals surface area contributed by atoms with Crippen molar-refractivity contribution in [3.63, 3.8) is 0 Å². The molecule has 0 aromatic heterocycles. The number of benzene rings is 1. The van der Waals surface area contributed by atoms with Crippen molar-refractivity contribution in [2.24, 2.45) is 0 Å². The third-order valence-corrected chi connectivity index (χ3v) is 1.49. The third kappa shape index (κ3) is 1.62. The summed E-state index contributed by atoms with van der Waals surface area (Å²) >= 11 is 3.97. The predicted molar refractivity (Wildman–Crippen MR) is 44.8 cm³/mol. The van der Waals surface area contributed by atoms with Crippen molar-refractivity contribution in [1.29, 1.82) is 0 Å². The lowest BCUT2D eigenvalue weighted by molar-refractivity contribution is -0.383. The van der Waals surface area contributed by atoms with Gasteiger partial charge in [0.1, 0.15) is 5.69 Å². The molecule has 1 rings (SSSR count). The minimum Gasteiger partial charge on any atom is -0.393 e. The fourth-order valence-corrected chi connectivity index (χ4v) is 0.922. The van der Waals surface area contributed by atoms with Crippen LogP contribution in [0.5, 0.6) is 0 Å². The molecule has 11 heavy (non-hydrogen) atoms. The number of rotatable bonds is 1. The van der Waals surface area contributed by atoms with E-state index in [0.29, 0.717) is 4.90 Å². The number of thiol groups is 1. The molecule has 0 aliphatic heterocycles. The largest absolute Gasteiger partial charge is 0.393 e. The Morgan fingerprint density at radius 1 is 1.55 bits per heavy atom. The normalized spacial score (nSPS) is 9.55. The summed E-state index contributed by atoms with van der Waals surface area (Å²) in [6.07, 6.45) is 0. The molecule has 4 nitrogen and oxygen atoms in total. The van der Waals surface area contributed by atoms with E-state index in [4.69, 9.17) is 5.73 Å². The molecule has 1 aromatic rings. The SMILES string of the molecule is Nc1cc(S)ccc1[N+](=O)[O-]. The Kier molecular flexibility index (Phi) is 2.00. The van der Waals surface area contributed by atoms with Crippen molar-refractivity contribution < 1.29 is 4.92 Å². The van der Waals surface area contributed by atoms with Crippen LogP contribution in [0.3, 0.4) is 0 Å². The van der Waals surface area contributed by atoms with Gasteiger partial charge in [-0.15, -0.1) is 12.6 Å². The van der Waals surface area contributed by atoms with E-state index in [9.17, 15) is 10.1 Å². The molecule has 0 radical (unpaired) electrons. The third-order valence-electron chi connectivity index (χ3n) is 1.21. The molecular formula is C6H6N2O2S. The molecule has 0 saturated carbocycles. The van der Waals surface area contributed by atoms with E-state index in [2.05, 4.69) is 12.6 Å². The summed E-state index contributed by atoms with van der Waals surface area (Å²) < 4.78 is 0. The van der Waals surface area contributed by atoms with Crippen molar-refractivity contribution in [3.8, 4) is 0 Å². The molecule has 0 amide bonds. The summed E-state index contributed by atoms with van der Waals surface area (Å²) in [7, 11) is 0. The molecule has 0 atom stereocenters. The van der Waals surface area contributed by atoms with Gasteiger partial charge >= 0.3 is 0 Å².